The normalized spacial score (nSPS) is 24.1. The van der Waals surface area contributed by atoms with Gasteiger partial charge in [-0.1, -0.05) is 30.3 Å². The van der Waals surface area contributed by atoms with E-state index in [4.69, 9.17) is 0 Å². The molecule has 0 amide bonds. The average Bonchev–Trinajstić information content (AvgIpc) is 2.40. The zero-order valence-electron chi connectivity index (χ0n) is 12.0. The summed E-state index contributed by atoms with van der Waals surface area (Å²) in [6.07, 6.45) is 2.16. The molecule has 1 heterocycles. The molecule has 19 heavy (non-hydrogen) atoms. The van der Waals surface area contributed by atoms with Crippen molar-refractivity contribution in [3.05, 3.63) is 35.9 Å². The summed E-state index contributed by atoms with van der Waals surface area (Å²) in [5, 5.41) is 13.1. The minimum Gasteiger partial charge on any atom is -0.392 e. The second-order valence-electron chi connectivity index (χ2n) is 5.76. The van der Waals surface area contributed by atoms with Crippen LogP contribution in [-0.2, 0) is 6.54 Å². The van der Waals surface area contributed by atoms with Crippen LogP contribution in [0.15, 0.2) is 30.3 Å². The van der Waals surface area contributed by atoms with E-state index < -0.39 is 0 Å². The van der Waals surface area contributed by atoms with Gasteiger partial charge < -0.3 is 10.4 Å². The second kappa shape index (κ2) is 7.04. The van der Waals surface area contributed by atoms with Crippen LogP contribution in [0.2, 0.25) is 0 Å². The molecule has 2 rings (SSSR count). The molecule has 2 N–H and O–H groups in total. The van der Waals surface area contributed by atoms with Gasteiger partial charge in [0.2, 0.25) is 0 Å². The number of piperidine rings is 1. The van der Waals surface area contributed by atoms with Crippen molar-refractivity contribution in [2.24, 2.45) is 0 Å². The van der Waals surface area contributed by atoms with Crippen molar-refractivity contribution in [2.45, 2.75) is 51.4 Å². The molecule has 3 nitrogen and oxygen atoms in total. The Morgan fingerprint density at radius 1 is 1.32 bits per heavy atom. The summed E-state index contributed by atoms with van der Waals surface area (Å²) in [7, 11) is 0. The molecule has 1 aromatic rings. The monoisotopic (exact) mass is 262 g/mol. The van der Waals surface area contributed by atoms with Gasteiger partial charge in [0.25, 0.3) is 0 Å². The van der Waals surface area contributed by atoms with Gasteiger partial charge in [0.05, 0.1) is 6.10 Å². The quantitative estimate of drug-likeness (QED) is 0.852. The average molecular weight is 262 g/mol. The van der Waals surface area contributed by atoms with Gasteiger partial charge in [-0.15, -0.1) is 0 Å². The van der Waals surface area contributed by atoms with E-state index in [1.54, 1.807) is 0 Å². The fourth-order valence-corrected chi connectivity index (χ4v) is 2.69. The Balaban J connectivity index is 1.83. The van der Waals surface area contributed by atoms with Crippen LogP contribution in [0, 0.1) is 0 Å². The van der Waals surface area contributed by atoms with Crippen LogP contribution in [0.3, 0.4) is 0 Å². The van der Waals surface area contributed by atoms with Crippen molar-refractivity contribution in [3.63, 3.8) is 0 Å². The maximum Gasteiger partial charge on any atom is 0.0662 e. The van der Waals surface area contributed by atoms with Gasteiger partial charge >= 0.3 is 0 Å². The highest BCUT2D eigenvalue weighted by atomic mass is 16.3. The van der Waals surface area contributed by atoms with Crippen molar-refractivity contribution in [1.82, 2.24) is 10.2 Å². The van der Waals surface area contributed by atoms with E-state index in [9.17, 15) is 5.11 Å². The first-order chi connectivity index (χ1) is 9.15. The summed E-state index contributed by atoms with van der Waals surface area (Å²) >= 11 is 0. The zero-order valence-corrected chi connectivity index (χ0v) is 12.0. The number of likely N-dealkylation sites (tertiary alicyclic amines) is 1. The highest BCUT2D eigenvalue weighted by molar-refractivity contribution is 5.14. The number of rotatable bonds is 5. The summed E-state index contributed by atoms with van der Waals surface area (Å²) in [5.41, 5.74) is 1.38. The standard InChI is InChI=1S/C16H26N2O/c1-13(14(2)19)17-16-9-6-10-18(12-16)11-15-7-4-3-5-8-15/h3-5,7-8,13-14,16-17,19H,6,9-12H2,1-2H3. The largest absolute Gasteiger partial charge is 0.392 e. The number of hydrogen-bond acceptors (Lipinski definition) is 3. The van der Waals surface area contributed by atoms with E-state index in [0.717, 1.165) is 13.1 Å². The molecule has 0 aromatic heterocycles. The van der Waals surface area contributed by atoms with E-state index in [2.05, 4.69) is 47.5 Å². The molecule has 0 saturated carbocycles. The van der Waals surface area contributed by atoms with Crippen molar-refractivity contribution in [3.8, 4) is 0 Å². The first kappa shape index (κ1) is 14.5. The van der Waals surface area contributed by atoms with Gasteiger partial charge in [-0.2, -0.15) is 0 Å². The van der Waals surface area contributed by atoms with E-state index in [-0.39, 0.29) is 12.1 Å². The minimum absolute atomic E-state index is 0.168. The Labute approximate surface area is 116 Å². The van der Waals surface area contributed by atoms with Crippen molar-refractivity contribution >= 4 is 0 Å². The molecule has 0 bridgehead atoms. The molecule has 106 valence electrons. The fraction of sp³-hybridized carbons (Fsp3) is 0.625. The number of nitrogens with one attached hydrogen (secondary N) is 1. The Morgan fingerprint density at radius 2 is 2.05 bits per heavy atom. The van der Waals surface area contributed by atoms with Crippen LogP contribution >= 0.6 is 0 Å². The molecule has 0 spiro atoms. The zero-order chi connectivity index (χ0) is 13.7. The number of benzene rings is 1. The summed E-state index contributed by atoms with van der Waals surface area (Å²) in [4.78, 5) is 2.51. The summed E-state index contributed by atoms with van der Waals surface area (Å²) in [6, 6.07) is 11.3. The van der Waals surface area contributed by atoms with Gasteiger partial charge in [-0.25, -0.2) is 0 Å². The molecule has 1 saturated heterocycles. The molecular weight excluding hydrogens is 236 g/mol. The van der Waals surface area contributed by atoms with E-state index in [0.29, 0.717) is 6.04 Å². The van der Waals surface area contributed by atoms with E-state index in [1.165, 1.54) is 24.9 Å². The summed E-state index contributed by atoms with van der Waals surface area (Å²) in [6.45, 7) is 7.19. The van der Waals surface area contributed by atoms with Gasteiger partial charge in [-0.05, 0) is 38.8 Å². The van der Waals surface area contributed by atoms with Gasteiger partial charge in [0.1, 0.15) is 0 Å². The van der Waals surface area contributed by atoms with Crippen molar-refractivity contribution < 1.29 is 5.11 Å². The Hall–Kier alpha value is -0.900. The van der Waals surface area contributed by atoms with Crippen LogP contribution in [0.25, 0.3) is 0 Å². The van der Waals surface area contributed by atoms with Crippen molar-refractivity contribution in [2.75, 3.05) is 13.1 Å². The number of hydrogen-bond donors (Lipinski definition) is 2. The third-order valence-electron chi connectivity index (χ3n) is 3.98. The molecule has 1 fully saturated rings. The first-order valence-electron chi connectivity index (χ1n) is 7.35. The molecule has 1 aromatic carbocycles. The molecule has 0 aliphatic carbocycles. The maximum absolute atomic E-state index is 9.58. The topological polar surface area (TPSA) is 35.5 Å². The fourth-order valence-electron chi connectivity index (χ4n) is 2.69. The molecule has 3 unspecified atom stereocenters. The minimum atomic E-state index is -0.288. The van der Waals surface area contributed by atoms with Crippen LogP contribution in [-0.4, -0.2) is 41.3 Å². The lowest BCUT2D eigenvalue weighted by molar-refractivity contribution is 0.122. The molecular formula is C16H26N2O. The lowest BCUT2D eigenvalue weighted by Crippen LogP contribution is -2.50. The molecule has 1 aliphatic heterocycles. The van der Waals surface area contributed by atoms with Crippen LogP contribution in [0.4, 0.5) is 0 Å². The lowest BCUT2D eigenvalue weighted by Gasteiger charge is -2.35. The summed E-state index contributed by atoms with van der Waals surface area (Å²) in [5.74, 6) is 0. The van der Waals surface area contributed by atoms with Gasteiger partial charge in [0.15, 0.2) is 0 Å². The molecule has 3 atom stereocenters. The SMILES string of the molecule is CC(O)C(C)NC1CCCN(Cc2ccccc2)C1. The smallest absolute Gasteiger partial charge is 0.0662 e. The van der Waals surface area contributed by atoms with Gasteiger partial charge in [-0.3, -0.25) is 4.90 Å². The maximum atomic E-state index is 9.58. The Morgan fingerprint density at radius 3 is 2.74 bits per heavy atom. The number of aliphatic hydroxyl groups excluding tert-OH is 1. The highest BCUT2D eigenvalue weighted by Crippen LogP contribution is 2.14. The van der Waals surface area contributed by atoms with Gasteiger partial charge in [0, 0.05) is 25.2 Å². The first-order valence-corrected chi connectivity index (χ1v) is 7.35. The molecule has 1 aliphatic rings. The van der Waals surface area contributed by atoms with Crippen LogP contribution < -0.4 is 5.32 Å². The number of aliphatic hydroxyl groups is 1. The third kappa shape index (κ3) is 4.60. The van der Waals surface area contributed by atoms with E-state index in [1.807, 2.05) is 6.92 Å². The third-order valence-corrected chi connectivity index (χ3v) is 3.98. The second-order valence-corrected chi connectivity index (χ2v) is 5.76. The Bertz CT molecular complexity index is 366. The highest BCUT2D eigenvalue weighted by Gasteiger charge is 2.22. The predicted molar refractivity (Wildman–Crippen MR) is 79.0 cm³/mol. The van der Waals surface area contributed by atoms with Crippen molar-refractivity contribution in [1.29, 1.82) is 0 Å². The van der Waals surface area contributed by atoms with E-state index >= 15 is 0 Å². The predicted octanol–water partition coefficient (Wildman–Crippen LogP) is 2.01. The van der Waals surface area contributed by atoms with Crippen LogP contribution in [0.5, 0.6) is 0 Å². The lowest BCUT2D eigenvalue weighted by atomic mass is 10.0. The Kier molecular flexibility index (Phi) is 5.37. The summed E-state index contributed by atoms with van der Waals surface area (Å²) < 4.78 is 0. The molecule has 3 heteroatoms. The van der Waals surface area contributed by atoms with Crippen LogP contribution in [0.1, 0.15) is 32.3 Å². The number of nitrogens with zero attached hydrogens (tertiary/aromatic N) is 1. The molecule has 0 radical (unpaired) electrons.